The molecule has 24 heavy (non-hydrogen) atoms. The largest absolute Gasteiger partial charge is 0.455 e. The molecule has 1 heterocycles. The number of anilines is 1. The van der Waals surface area contributed by atoms with E-state index >= 15 is 0 Å². The summed E-state index contributed by atoms with van der Waals surface area (Å²) in [4.78, 5) is 37.3. The van der Waals surface area contributed by atoms with Crippen LogP contribution in [0.15, 0.2) is 24.3 Å². The number of nitrogens with one attached hydrogen (secondary N) is 1. The summed E-state index contributed by atoms with van der Waals surface area (Å²) in [5, 5.41) is 2.64. The number of carbonyl (C=O) groups excluding carboxylic acids is 3. The normalized spacial score (nSPS) is 17.0. The smallest absolute Gasteiger partial charge is 0.311 e. The monoisotopic (exact) mass is 332 g/mol. The first kappa shape index (κ1) is 18.0. The van der Waals surface area contributed by atoms with Crippen molar-refractivity contribution in [2.75, 3.05) is 24.6 Å². The summed E-state index contributed by atoms with van der Waals surface area (Å²) in [6.45, 7) is 4.56. The predicted octanol–water partition coefficient (Wildman–Crippen LogP) is 1.67. The van der Waals surface area contributed by atoms with Crippen molar-refractivity contribution in [3.05, 3.63) is 29.8 Å². The maximum absolute atomic E-state index is 12.2. The standard InChI is InChI=1S/C18H24N2O4/c1-3-9-19-16(21)12-24-18(23)14-10-17(22)20(11-14)15-7-5-13(4-2)6-8-15/h5-8,14H,3-4,9-12H2,1-2H3,(H,19,21)/t14-/m0/s1. The summed E-state index contributed by atoms with van der Waals surface area (Å²) < 4.78 is 5.02. The molecule has 2 rings (SSSR count). The van der Waals surface area contributed by atoms with Crippen LogP contribution in [0, 0.1) is 5.92 Å². The van der Waals surface area contributed by atoms with E-state index in [1.165, 1.54) is 5.56 Å². The van der Waals surface area contributed by atoms with Crippen LogP contribution in [0.3, 0.4) is 0 Å². The third kappa shape index (κ3) is 4.57. The highest BCUT2D eigenvalue weighted by Crippen LogP contribution is 2.26. The molecule has 130 valence electrons. The molecule has 2 amide bonds. The lowest BCUT2D eigenvalue weighted by atomic mass is 10.1. The molecular weight excluding hydrogens is 308 g/mol. The Morgan fingerprint density at radius 3 is 2.58 bits per heavy atom. The summed E-state index contributed by atoms with van der Waals surface area (Å²) >= 11 is 0. The van der Waals surface area contributed by atoms with Gasteiger partial charge >= 0.3 is 5.97 Å². The van der Waals surface area contributed by atoms with Crippen LogP contribution in [-0.2, 0) is 25.5 Å². The molecule has 0 saturated carbocycles. The number of carbonyl (C=O) groups is 3. The number of aryl methyl sites for hydroxylation is 1. The minimum atomic E-state index is -0.526. The van der Waals surface area contributed by atoms with E-state index in [0.717, 1.165) is 18.5 Å². The van der Waals surface area contributed by atoms with Gasteiger partial charge in [-0.25, -0.2) is 0 Å². The third-order valence-corrected chi connectivity index (χ3v) is 4.03. The fraction of sp³-hybridized carbons (Fsp3) is 0.500. The van der Waals surface area contributed by atoms with Gasteiger partial charge in [0.1, 0.15) is 0 Å². The Kier molecular flexibility index (Phi) is 6.35. The highest BCUT2D eigenvalue weighted by molar-refractivity contribution is 5.99. The number of hydrogen-bond acceptors (Lipinski definition) is 4. The lowest BCUT2D eigenvalue weighted by Crippen LogP contribution is -2.31. The second-order valence-electron chi connectivity index (χ2n) is 5.88. The fourth-order valence-corrected chi connectivity index (χ4v) is 2.60. The van der Waals surface area contributed by atoms with Crippen LogP contribution >= 0.6 is 0 Å². The zero-order chi connectivity index (χ0) is 17.5. The predicted molar refractivity (Wildman–Crippen MR) is 90.5 cm³/mol. The second-order valence-corrected chi connectivity index (χ2v) is 5.88. The Hall–Kier alpha value is -2.37. The van der Waals surface area contributed by atoms with Gasteiger partial charge in [0.15, 0.2) is 6.61 Å². The lowest BCUT2D eigenvalue weighted by Gasteiger charge is -2.17. The van der Waals surface area contributed by atoms with Crippen molar-refractivity contribution >= 4 is 23.5 Å². The first-order chi connectivity index (χ1) is 11.5. The van der Waals surface area contributed by atoms with Gasteiger partial charge in [0.25, 0.3) is 5.91 Å². The number of amides is 2. The quantitative estimate of drug-likeness (QED) is 0.771. The Bertz CT molecular complexity index is 598. The number of hydrogen-bond donors (Lipinski definition) is 1. The third-order valence-electron chi connectivity index (χ3n) is 4.03. The van der Waals surface area contributed by atoms with E-state index in [1.54, 1.807) is 4.90 Å². The van der Waals surface area contributed by atoms with Crippen molar-refractivity contribution in [2.45, 2.75) is 33.1 Å². The van der Waals surface area contributed by atoms with Gasteiger partial charge in [-0.1, -0.05) is 26.0 Å². The van der Waals surface area contributed by atoms with Gasteiger partial charge < -0.3 is 15.0 Å². The van der Waals surface area contributed by atoms with Crippen molar-refractivity contribution in [3.63, 3.8) is 0 Å². The zero-order valence-electron chi connectivity index (χ0n) is 14.2. The minimum Gasteiger partial charge on any atom is -0.455 e. The van der Waals surface area contributed by atoms with Crippen molar-refractivity contribution in [1.82, 2.24) is 5.32 Å². The lowest BCUT2D eigenvalue weighted by molar-refractivity contribution is -0.152. The Morgan fingerprint density at radius 1 is 1.25 bits per heavy atom. The van der Waals surface area contributed by atoms with Crippen LogP contribution in [0.5, 0.6) is 0 Å². The highest BCUT2D eigenvalue weighted by Gasteiger charge is 2.36. The molecular formula is C18H24N2O4. The maximum atomic E-state index is 12.2. The zero-order valence-corrected chi connectivity index (χ0v) is 14.2. The van der Waals surface area contributed by atoms with E-state index in [-0.39, 0.29) is 24.8 Å². The number of nitrogens with zero attached hydrogens (tertiary/aromatic N) is 1. The van der Waals surface area contributed by atoms with E-state index < -0.39 is 11.9 Å². The molecule has 6 nitrogen and oxygen atoms in total. The van der Waals surface area contributed by atoms with Crippen LogP contribution in [-0.4, -0.2) is 37.5 Å². The van der Waals surface area contributed by atoms with E-state index in [1.807, 2.05) is 31.2 Å². The molecule has 1 fully saturated rings. The van der Waals surface area contributed by atoms with Gasteiger partial charge in [-0.15, -0.1) is 0 Å². The van der Waals surface area contributed by atoms with Crippen LogP contribution in [0.25, 0.3) is 0 Å². The van der Waals surface area contributed by atoms with Crippen LogP contribution in [0.2, 0.25) is 0 Å². The summed E-state index contributed by atoms with van der Waals surface area (Å²) in [7, 11) is 0. The summed E-state index contributed by atoms with van der Waals surface area (Å²) in [6, 6.07) is 7.74. The number of rotatable bonds is 7. The molecule has 1 saturated heterocycles. The number of esters is 1. The molecule has 0 radical (unpaired) electrons. The first-order valence-electron chi connectivity index (χ1n) is 8.37. The Morgan fingerprint density at radius 2 is 1.96 bits per heavy atom. The Labute approximate surface area is 142 Å². The van der Waals surface area contributed by atoms with Gasteiger partial charge in [-0.3, -0.25) is 14.4 Å². The second kappa shape index (κ2) is 8.47. The van der Waals surface area contributed by atoms with Gasteiger partial charge in [0, 0.05) is 25.2 Å². The van der Waals surface area contributed by atoms with Gasteiger partial charge in [-0.05, 0) is 30.5 Å². The van der Waals surface area contributed by atoms with Crippen molar-refractivity contribution < 1.29 is 19.1 Å². The fourth-order valence-electron chi connectivity index (χ4n) is 2.60. The minimum absolute atomic E-state index is 0.100. The molecule has 0 unspecified atom stereocenters. The van der Waals surface area contributed by atoms with Crippen molar-refractivity contribution in [3.8, 4) is 0 Å². The Balaban J connectivity index is 1.88. The molecule has 0 aromatic heterocycles. The molecule has 1 aliphatic rings. The molecule has 1 aliphatic heterocycles. The van der Waals surface area contributed by atoms with E-state index in [9.17, 15) is 14.4 Å². The molecule has 1 aromatic carbocycles. The summed E-state index contributed by atoms with van der Waals surface area (Å²) in [5.74, 6) is -1.44. The molecule has 1 N–H and O–H groups in total. The highest BCUT2D eigenvalue weighted by atomic mass is 16.5. The summed E-state index contributed by atoms with van der Waals surface area (Å²) in [6.07, 6.45) is 1.87. The van der Waals surface area contributed by atoms with Gasteiger partial charge in [0.05, 0.1) is 5.92 Å². The average Bonchev–Trinajstić information content (AvgIpc) is 2.99. The topological polar surface area (TPSA) is 75.7 Å². The van der Waals surface area contributed by atoms with Crippen LogP contribution in [0.4, 0.5) is 5.69 Å². The SMILES string of the molecule is CCCNC(=O)COC(=O)[C@H]1CC(=O)N(c2ccc(CC)cc2)C1. The molecule has 0 bridgehead atoms. The van der Waals surface area contributed by atoms with Crippen molar-refractivity contribution in [2.24, 2.45) is 5.92 Å². The number of benzene rings is 1. The van der Waals surface area contributed by atoms with E-state index in [4.69, 9.17) is 4.74 Å². The van der Waals surface area contributed by atoms with Gasteiger partial charge in [0.2, 0.25) is 5.91 Å². The van der Waals surface area contributed by atoms with E-state index in [2.05, 4.69) is 12.2 Å². The molecule has 6 heteroatoms. The van der Waals surface area contributed by atoms with Crippen molar-refractivity contribution in [1.29, 1.82) is 0 Å². The number of ether oxygens (including phenoxy) is 1. The summed E-state index contributed by atoms with van der Waals surface area (Å²) in [5.41, 5.74) is 1.98. The average molecular weight is 332 g/mol. The van der Waals surface area contributed by atoms with Crippen LogP contribution in [0.1, 0.15) is 32.3 Å². The molecule has 0 spiro atoms. The first-order valence-corrected chi connectivity index (χ1v) is 8.37. The molecule has 1 atom stereocenters. The molecule has 0 aliphatic carbocycles. The van der Waals surface area contributed by atoms with Gasteiger partial charge in [-0.2, -0.15) is 0 Å². The van der Waals surface area contributed by atoms with Crippen LogP contribution < -0.4 is 10.2 Å². The van der Waals surface area contributed by atoms with E-state index in [0.29, 0.717) is 13.1 Å². The maximum Gasteiger partial charge on any atom is 0.311 e. The molecule has 1 aromatic rings.